The normalized spacial score (nSPS) is 18.2. The third-order valence-corrected chi connectivity index (χ3v) is 3.67. The first-order valence-electron chi connectivity index (χ1n) is 8.08. The molecular formula is C17H28N4O2. The zero-order valence-corrected chi connectivity index (χ0v) is 14.8. The molecule has 1 aromatic heterocycles. The molecule has 23 heavy (non-hydrogen) atoms. The Morgan fingerprint density at radius 1 is 1.48 bits per heavy atom. The van der Waals surface area contributed by atoms with E-state index in [1.165, 1.54) is 5.57 Å². The molecule has 0 fully saturated rings. The van der Waals surface area contributed by atoms with Gasteiger partial charge in [0.25, 0.3) is 0 Å². The van der Waals surface area contributed by atoms with Crippen LogP contribution in [0.25, 0.3) is 5.57 Å². The van der Waals surface area contributed by atoms with E-state index in [4.69, 9.17) is 4.74 Å². The quantitative estimate of drug-likeness (QED) is 0.905. The van der Waals surface area contributed by atoms with Crippen molar-refractivity contribution in [1.82, 2.24) is 19.8 Å². The lowest BCUT2D eigenvalue weighted by Crippen LogP contribution is -2.38. The average Bonchev–Trinajstić information content (AvgIpc) is 3.01. The lowest BCUT2D eigenvalue weighted by molar-refractivity contribution is 0.0507. The predicted molar refractivity (Wildman–Crippen MR) is 91.1 cm³/mol. The Hall–Kier alpha value is -1.82. The number of nitrogens with one attached hydrogen (secondary N) is 1. The maximum Gasteiger partial charge on any atom is 0.407 e. The Balaban J connectivity index is 1.90. The summed E-state index contributed by atoms with van der Waals surface area (Å²) in [4.78, 5) is 18.3. The van der Waals surface area contributed by atoms with Gasteiger partial charge in [-0.2, -0.15) is 0 Å². The number of hydrogen-bond acceptors (Lipinski definition) is 4. The van der Waals surface area contributed by atoms with Crippen LogP contribution in [0.15, 0.2) is 18.6 Å². The smallest absolute Gasteiger partial charge is 0.407 e. The van der Waals surface area contributed by atoms with Crippen LogP contribution in [-0.2, 0) is 11.3 Å². The van der Waals surface area contributed by atoms with Crippen LogP contribution >= 0.6 is 0 Å². The average molecular weight is 320 g/mol. The van der Waals surface area contributed by atoms with Crippen LogP contribution in [0.5, 0.6) is 0 Å². The van der Waals surface area contributed by atoms with Gasteiger partial charge in [0, 0.05) is 19.1 Å². The summed E-state index contributed by atoms with van der Waals surface area (Å²) in [6, 6.07) is 0.0945. The van der Waals surface area contributed by atoms with E-state index >= 15 is 0 Å². The zero-order chi connectivity index (χ0) is 17.0. The predicted octanol–water partition coefficient (Wildman–Crippen LogP) is 2.52. The van der Waals surface area contributed by atoms with Crippen LogP contribution in [0.3, 0.4) is 0 Å². The molecular weight excluding hydrogens is 292 g/mol. The van der Waals surface area contributed by atoms with E-state index in [1.807, 2.05) is 33.3 Å². The van der Waals surface area contributed by atoms with Gasteiger partial charge in [-0.1, -0.05) is 6.08 Å². The number of aromatic nitrogens is 2. The van der Waals surface area contributed by atoms with Gasteiger partial charge in [-0.3, -0.25) is 0 Å². The SMILES string of the molecule is CN(C)CCn1cncc1C1=CCC(NC(=O)OC(C)(C)C)C1. The van der Waals surface area contributed by atoms with Crippen molar-refractivity contribution in [2.24, 2.45) is 0 Å². The van der Waals surface area contributed by atoms with Crippen molar-refractivity contribution in [2.75, 3.05) is 20.6 Å². The number of imidazole rings is 1. The summed E-state index contributed by atoms with van der Waals surface area (Å²) in [6.45, 7) is 7.48. The third-order valence-electron chi connectivity index (χ3n) is 3.67. The van der Waals surface area contributed by atoms with Crippen molar-refractivity contribution in [1.29, 1.82) is 0 Å². The second kappa shape index (κ2) is 7.17. The largest absolute Gasteiger partial charge is 0.444 e. The number of alkyl carbamates (subject to hydrolysis) is 1. The molecule has 0 aliphatic heterocycles. The summed E-state index contributed by atoms with van der Waals surface area (Å²) >= 11 is 0. The van der Waals surface area contributed by atoms with E-state index in [2.05, 4.69) is 39.9 Å². The molecule has 6 heteroatoms. The van der Waals surface area contributed by atoms with Crippen molar-refractivity contribution in [2.45, 2.75) is 51.8 Å². The number of ether oxygens (including phenoxy) is 1. The first kappa shape index (κ1) is 17.5. The minimum absolute atomic E-state index is 0.0945. The molecule has 1 aliphatic rings. The Labute approximate surface area is 138 Å². The second-order valence-electron chi connectivity index (χ2n) is 7.29. The van der Waals surface area contributed by atoms with Gasteiger partial charge in [0.2, 0.25) is 0 Å². The monoisotopic (exact) mass is 320 g/mol. The number of carbonyl (C=O) groups excluding carboxylic acids is 1. The summed E-state index contributed by atoms with van der Waals surface area (Å²) in [7, 11) is 4.12. The Morgan fingerprint density at radius 2 is 2.22 bits per heavy atom. The molecule has 6 nitrogen and oxygen atoms in total. The molecule has 1 unspecified atom stereocenters. The number of rotatable bonds is 5. The molecule has 0 radical (unpaired) electrons. The molecule has 1 heterocycles. The third kappa shape index (κ3) is 5.39. The van der Waals surface area contributed by atoms with Gasteiger partial charge >= 0.3 is 6.09 Å². The minimum Gasteiger partial charge on any atom is -0.444 e. The number of nitrogens with zero attached hydrogens (tertiary/aromatic N) is 3. The molecule has 1 atom stereocenters. The highest BCUT2D eigenvalue weighted by molar-refractivity contribution is 5.71. The zero-order valence-electron chi connectivity index (χ0n) is 14.8. The van der Waals surface area contributed by atoms with E-state index in [-0.39, 0.29) is 12.1 Å². The molecule has 0 spiro atoms. The van der Waals surface area contributed by atoms with Gasteiger partial charge in [-0.25, -0.2) is 9.78 Å². The highest BCUT2D eigenvalue weighted by Crippen LogP contribution is 2.28. The molecule has 0 saturated heterocycles. The maximum absolute atomic E-state index is 11.9. The summed E-state index contributed by atoms with van der Waals surface area (Å²) in [5.74, 6) is 0. The Kier molecular flexibility index (Phi) is 5.46. The van der Waals surface area contributed by atoms with E-state index in [9.17, 15) is 4.79 Å². The molecule has 1 aromatic rings. The van der Waals surface area contributed by atoms with Gasteiger partial charge in [0.15, 0.2) is 0 Å². The number of likely N-dealkylation sites (N-methyl/N-ethyl adjacent to an activating group) is 1. The standard InChI is InChI=1S/C17H28N4O2/c1-17(2,3)23-16(22)19-14-7-6-13(10-14)15-11-18-12-21(15)9-8-20(4)5/h6,11-12,14H,7-10H2,1-5H3,(H,19,22). The maximum atomic E-state index is 11.9. The summed E-state index contributed by atoms with van der Waals surface area (Å²) in [5, 5.41) is 2.95. The van der Waals surface area contributed by atoms with Crippen molar-refractivity contribution >= 4 is 11.7 Å². The fourth-order valence-electron chi connectivity index (χ4n) is 2.58. The van der Waals surface area contributed by atoms with Crippen molar-refractivity contribution < 1.29 is 9.53 Å². The highest BCUT2D eigenvalue weighted by Gasteiger charge is 2.24. The number of hydrogen-bond donors (Lipinski definition) is 1. The molecule has 0 aromatic carbocycles. The Morgan fingerprint density at radius 3 is 2.87 bits per heavy atom. The number of carbonyl (C=O) groups is 1. The molecule has 1 N–H and O–H groups in total. The van der Waals surface area contributed by atoms with Crippen LogP contribution in [0.2, 0.25) is 0 Å². The van der Waals surface area contributed by atoms with Gasteiger partial charge in [0.05, 0.1) is 18.2 Å². The van der Waals surface area contributed by atoms with E-state index < -0.39 is 5.60 Å². The van der Waals surface area contributed by atoms with Crippen molar-refractivity contribution in [3.63, 3.8) is 0 Å². The second-order valence-corrected chi connectivity index (χ2v) is 7.29. The van der Waals surface area contributed by atoms with Gasteiger partial charge in [-0.05, 0) is 53.3 Å². The topological polar surface area (TPSA) is 59.4 Å². The van der Waals surface area contributed by atoms with Gasteiger partial charge in [-0.15, -0.1) is 0 Å². The molecule has 0 bridgehead atoms. The summed E-state index contributed by atoms with van der Waals surface area (Å²) < 4.78 is 7.49. The first-order valence-corrected chi connectivity index (χ1v) is 8.08. The minimum atomic E-state index is -0.469. The van der Waals surface area contributed by atoms with Crippen molar-refractivity contribution in [3.05, 3.63) is 24.3 Å². The first-order chi connectivity index (χ1) is 10.7. The number of amides is 1. The van der Waals surface area contributed by atoms with Gasteiger partial charge < -0.3 is 19.5 Å². The van der Waals surface area contributed by atoms with Crippen LogP contribution < -0.4 is 5.32 Å². The van der Waals surface area contributed by atoms with Gasteiger partial charge in [0.1, 0.15) is 5.60 Å². The lowest BCUT2D eigenvalue weighted by Gasteiger charge is -2.22. The van der Waals surface area contributed by atoms with Crippen LogP contribution in [-0.4, -0.2) is 52.8 Å². The lowest BCUT2D eigenvalue weighted by atomic mass is 10.1. The molecule has 1 amide bonds. The summed E-state index contributed by atoms with van der Waals surface area (Å²) in [5.41, 5.74) is 1.91. The van der Waals surface area contributed by atoms with E-state index in [0.717, 1.165) is 31.6 Å². The van der Waals surface area contributed by atoms with E-state index in [0.29, 0.717) is 0 Å². The summed E-state index contributed by atoms with van der Waals surface area (Å²) in [6.07, 6.45) is 7.25. The van der Waals surface area contributed by atoms with Crippen LogP contribution in [0, 0.1) is 0 Å². The fraction of sp³-hybridized carbons (Fsp3) is 0.647. The van der Waals surface area contributed by atoms with E-state index in [1.54, 1.807) is 0 Å². The molecule has 1 aliphatic carbocycles. The molecule has 2 rings (SSSR count). The Bertz CT molecular complexity index is 569. The highest BCUT2D eigenvalue weighted by atomic mass is 16.6. The molecule has 128 valence electrons. The fourth-order valence-corrected chi connectivity index (χ4v) is 2.58. The van der Waals surface area contributed by atoms with Crippen molar-refractivity contribution in [3.8, 4) is 0 Å². The molecule has 0 saturated carbocycles. The van der Waals surface area contributed by atoms with Crippen LogP contribution in [0.4, 0.5) is 4.79 Å². The van der Waals surface area contributed by atoms with Crippen LogP contribution in [0.1, 0.15) is 39.3 Å².